The molecule has 0 aliphatic carbocycles. The van der Waals surface area contributed by atoms with Crippen LogP contribution in [0.15, 0.2) is 60.7 Å². The fraction of sp³-hybridized carbons (Fsp3) is 0.480. The summed E-state index contributed by atoms with van der Waals surface area (Å²) in [5.74, 6) is -0.148. The van der Waals surface area contributed by atoms with Gasteiger partial charge in [0.2, 0.25) is 5.91 Å². The Labute approximate surface area is 186 Å². The number of nitrogens with zero attached hydrogens (tertiary/aromatic N) is 1. The van der Waals surface area contributed by atoms with Gasteiger partial charge in [-0.2, -0.15) is 0 Å². The van der Waals surface area contributed by atoms with E-state index < -0.39 is 12.3 Å². The van der Waals surface area contributed by atoms with Gasteiger partial charge in [0.15, 0.2) is 6.29 Å². The molecule has 2 rings (SSSR count). The van der Waals surface area contributed by atoms with Crippen LogP contribution in [-0.2, 0) is 32.0 Å². The minimum Gasteiger partial charge on any atom is -0.375 e. The van der Waals surface area contributed by atoms with Gasteiger partial charge in [-0.15, -0.1) is 0 Å². The minimum absolute atomic E-state index is 0.148. The molecular weight excluding hydrogens is 392 g/mol. The molecule has 0 saturated carbocycles. The number of nitrogens with two attached hydrogens (primary N) is 1. The highest BCUT2D eigenvalue weighted by molar-refractivity contribution is 5.81. The zero-order chi connectivity index (χ0) is 22.3. The van der Waals surface area contributed by atoms with E-state index in [9.17, 15) is 4.79 Å². The highest BCUT2D eigenvalue weighted by Gasteiger charge is 2.24. The summed E-state index contributed by atoms with van der Waals surface area (Å²) in [7, 11) is 0. The number of ether oxygens (including phenoxy) is 3. The van der Waals surface area contributed by atoms with E-state index in [1.165, 1.54) is 5.56 Å². The van der Waals surface area contributed by atoms with E-state index in [1.807, 2.05) is 62.4 Å². The molecule has 0 unspecified atom stereocenters. The fourth-order valence-corrected chi connectivity index (χ4v) is 3.30. The maximum atomic E-state index is 13.1. The lowest BCUT2D eigenvalue weighted by Gasteiger charge is -2.29. The van der Waals surface area contributed by atoms with Crippen LogP contribution in [0.1, 0.15) is 31.4 Å². The lowest BCUT2D eigenvalue weighted by molar-refractivity contribution is -0.160. The van der Waals surface area contributed by atoms with E-state index in [4.69, 9.17) is 19.9 Å². The molecule has 0 saturated heterocycles. The van der Waals surface area contributed by atoms with Crippen LogP contribution in [0.5, 0.6) is 0 Å². The summed E-state index contributed by atoms with van der Waals surface area (Å²) in [6, 6.07) is 19.4. The van der Waals surface area contributed by atoms with Crippen LogP contribution in [0.3, 0.4) is 0 Å². The van der Waals surface area contributed by atoms with Crippen LogP contribution in [0.4, 0.5) is 0 Å². The Morgan fingerprint density at radius 2 is 1.52 bits per heavy atom. The molecule has 0 aliphatic rings. The van der Waals surface area contributed by atoms with Crippen LogP contribution in [0.25, 0.3) is 0 Å². The van der Waals surface area contributed by atoms with E-state index >= 15 is 0 Å². The normalized spacial score (nSPS) is 12.1. The van der Waals surface area contributed by atoms with Gasteiger partial charge in [-0.05, 0) is 37.8 Å². The largest absolute Gasteiger partial charge is 0.375 e. The maximum Gasteiger partial charge on any atom is 0.242 e. The van der Waals surface area contributed by atoms with Gasteiger partial charge >= 0.3 is 0 Å². The van der Waals surface area contributed by atoms with Gasteiger partial charge in [0, 0.05) is 19.8 Å². The number of rotatable bonds is 15. The third-order valence-electron chi connectivity index (χ3n) is 4.85. The topological polar surface area (TPSA) is 74.0 Å². The third-order valence-corrected chi connectivity index (χ3v) is 4.85. The molecule has 0 heterocycles. The fourth-order valence-electron chi connectivity index (χ4n) is 3.30. The Morgan fingerprint density at radius 3 is 2.10 bits per heavy atom. The Bertz CT molecular complexity index is 721. The van der Waals surface area contributed by atoms with Crippen molar-refractivity contribution in [2.45, 2.75) is 45.6 Å². The van der Waals surface area contributed by atoms with Gasteiger partial charge in [0.05, 0.1) is 19.8 Å². The van der Waals surface area contributed by atoms with E-state index in [0.717, 1.165) is 18.4 Å². The van der Waals surface area contributed by atoms with Gasteiger partial charge in [0.25, 0.3) is 0 Å². The molecule has 2 aromatic carbocycles. The molecule has 2 N–H and O–H groups in total. The molecular formula is C25H36N2O4. The number of hydrogen-bond donors (Lipinski definition) is 1. The molecule has 0 aromatic heterocycles. The Hall–Kier alpha value is -2.25. The van der Waals surface area contributed by atoms with Crippen molar-refractivity contribution in [3.8, 4) is 0 Å². The molecule has 31 heavy (non-hydrogen) atoms. The van der Waals surface area contributed by atoms with Crippen LogP contribution >= 0.6 is 0 Å². The summed E-state index contributed by atoms with van der Waals surface area (Å²) in [6.45, 7) is 6.38. The summed E-state index contributed by atoms with van der Waals surface area (Å²) >= 11 is 0. The van der Waals surface area contributed by atoms with Crippen LogP contribution < -0.4 is 5.73 Å². The first-order valence-electron chi connectivity index (χ1n) is 11.1. The van der Waals surface area contributed by atoms with Crippen molar-refractivity contribution in [1.29, 1.82) is 0 Å². The number of carbonyl (C=O) groups is 1. The molecule has 2 aromatic rings. The molecule has 6 heteroatoms. The molecule has 170 valence electrons. The summed E-state index contributed by atoms with van der Waals surface area (Å²) < 4.78 is 17.0. The zero-order valence-electron chi connectivity index (χ0n) is 18.7. The number of amides is 1. The molecule has 0 spiro atoms. The van der Waals surface area contributed by atoms with Gasteiger partial charge in [-0.3, -0.25) is 4.79 Å². The number of benzene rings is 2. The number of carbonyl (C=O) groups excluding carboxylic acids is 1. The summed E-state index contributed by atoms with van der Waals surface area (Å²) in [5, 5.41) is 0. The van der Waals surface area contributed by atoms with E-state index in [2.05, 4.69) is 12.1 Å². The van der Waals surface area contributed by atoms with Gasteiger partial charge in [0.1, 0.15) is 6.04 Å². The van der Waals surface area contributed by atoms with Crippen molar-refractivity contribution in [1.82, 2.24) is 4.90 Å². The minimum atomic E-state index is -0.732. The van der Waals surface area contributed by atoms with Crippen molar-refractivity contribution in [2.75, 3.05) is 32.9 Å². The van der Waals surface area contributed by atoms with Gasteiger partial charge in [-0.25, -0.2) is 0 Å². The van der Waals surface area contributed by atoms with E-state index in [0.29, 0.717) is 32.9 Å². The van der Waals surface area contributed by atoms with Crippen LogP contribution in [0.2, 0.25) is 0 Å². The molecule has 1 atom stereocenters. The number of aryl methyl sites for hydroxylation is 1. The summed E-state index contributed by atoms with van der Waals surface area (Å²) in [4.78, 5) is 14.8. The Morgan fingerprint density at radius 1 is 0.935 bits per heavy atom. The number of hydrogen-bond acceptors (Lipinski definition) is 5. The highest BCUT2D eigenvalue weighted by atomic mass is 16.7. The maximum absolute atomic E-state index is 13.1. The van der Waals surface area contributed by atoms with Gasteiger partial charge in [-0.1, -0.05) is 60.7 Å². The van der Waals surface area contributed by atoms with Crippen molar-refractivity contribution < 1.29 is 19.0 Å². The summed E-state index contributed by atoms with van der Waals surface area (Å²) in [6.07, 6.45) is 1.25. The Balaban J connectivity index is 1.92. The first-order valence-corrected chi connectivity index (χ1v) is 11.1. The Kier molecular flexibility index (Phi) is 11.9. The van der Waals surface area contributed by atoms with Gasteiger partial charge < -0.3 is 24.8 Å². The van der Waals surface area contributed by atoms with Crippen molar-refractivity contribution in [3.05, 3.63) is 71.8 Å². The molecule has 1 amide bonds. The lowest BCUT2D eigenvalue weighted by Crippen LogP contribution is -2.49. The predicted molar refractivity (Wildman–Crippen MR) is 122 cm³/mol. The molecule has 0 aliphatic heterocycles. The molecule has 0 radical (unpaired) electrons. The summed E-state index contributed by atoms with van der Waals surface area (Å²) in [5.41, 5.74) is 8.49. The van der Waals surface area contributed by atoms with Crippen LogP contribution in [-0.4, -0.2) is 56.0 Å². The molecule has 0 bridgehead atoms. The van der Waals surface area contributed by atoms with Crippen molar-refractivity contribution in [2.24, 2.45) is 5.73 Å². The molecule has 6 nitrogen and oxygen atoms in total. The second-order valence-corrected chi connectivity index (χ2v) is 7.32. The van der Waals surface area contributed by atoms with Crippen LogP contribution in [0, 0.1) is 0 Å². The standard InChI is InChI=1S/C25H36N2O4/c1-3-30-24(31-4-2)18-27(17-11-16-21-12-7-5-8-13-21)25(28)23(26)20-29-19-22-14-9-6-10-15-22/h5-10,12-15,23-24H,3-4,11,16-20,26H2,1-2H3/t23-/m0/s1. The lowest BCUT2D eigenvalue weighted by atomic mass is 10.1. The van der Waals surface area contributed by atoms with E-state index in [-0.39, 0.29) is 12.5 Å². The van der Waals surface area contributed by atoms with E-state index in [1.54, 1.807) is 4.90 Å². The zero-order valence-corrected chi connectivity index (χ0v) is 18.7. The monoisotopic (exact) mass is 428 g/mol. The molecule has 0 fully saturated rings. The highest BCUT2D eigenvalue weighted by Crippen LogP contribution is 2.08. The first-order chi connectivity index (χ1) is 15.1. The SMILES string of the molecule is CCOC(CN(CCCc1ccccc1)C(=O)[C@@H](N)COCc1ccccc1)OCC. The predicted octanol–water partition coefficient (Wildman–Crippen LogP) is 3.39. The average molecular weight is 429 g/mol. The smallest absolute Gasteiger partial charge is 0.242 e. The van der Waals surface area contributed by atoms with Crippen molar-refractivity contribution >= 4 is 5.91 Å². The first kappa shape index (κ1) is 25.0. The second-order valence-electron chi connectivity index (χ2n) is 7.32. The third kappa shape index (κ3) is 9.61. The second kappa shape index (κ2) is 14.7. The quantitative estimate of drug-likeness (QED) is 0.440. The average Bonchev–Trinajstić information content (AvgIpc) is 2.79. The van der Waals surface area contributed by atoms with Crippen molar-refractivity contribution in [3.63, 3.8) is 0 Å².